The number of carbonyl (C=O) groups is 1. The Morgan fingerprint density at radius 3 is 2.50 bits per heavy atom. The fourth-order valence-electron chi connectivity index (χ4n) is 0.948. The third kappa shape index (κ3) is 1.18. The summed E-state index contributed by atoms with van der Waals surface area (Å²) < 4.78 is 0. The molecule has 0 aliphatic heterocycles. The minimum Gasteiger partial charge on any atom is -0.872 e. The highest BCUT2D eigenvalue weighted by molar-refractivity contribution is 5.93. The lowest BCUT2D eigenvalue weighted by molar-refractivity contribution is -0.269. The number of benzene rings is 1. The number of carboxylic acids is 1. The summed E-state index contributed by atoms with van der Waals surface area (Å²) in [7, 11) is 0. The SMILES string of the molecule is Cc1c([O-])ccc(O)c1C(=O)O. The molecule has 2 N–H and O–H groups in total. The van der Waals surface area contributed by atoms with Crippen LogP contribution in [0.25, 0.3) is 0 Å². The summed E-state index contributed by atoms with van der Waals surface area (Å²) >= 11 is 0. The first-order valence-corrected chi connectivity index (χ1v) is 3.27. The van der Waals surface area contributed by atoms with E-state index in [4.69, 9.17) is 10.2 Å². The molecule has 0 saturated heterocycles. The molecule has 0 saturated carbocycles. The Morgan fingerprint density at radius 1 is 1.50 bits per heavy atom. The molecule has 4 heteroatoms. The summed E-state index contributed by atoms with van der Waals surface area (Å²) in [6.45, 7) is 1.37. The largest absolute Gasteiger partial charge is 0.872 e. The summed E-state index contributed by atoms with van der Waals surface area (Å²) in [4.78, 5) is 10.5. The van der Waals surface area contributed by atoms with E-state index >= 15 is 0 Å². The van der Waals surface area contributed by atoms with Crippen LogP contribution in [0.1, 0.15) is 15.9 Å². The maximum Gasteiger partial charge on any atom is 0.339 e. The van der Waals surface area contributed by atoms with Gasteiger partial charge in [-0.1, -0.05) is 6.07 Å². The molecule has 0 unspecified atom stereocenters. The molecule has 0 fully saturated rings. The van der Waals surface area contributed by atoms with E-state index in [1.54, 1.807) is 0 Å². The molecule has 64 valence electrons. The highest BCUT2D eigenvalue weighted by Crippen LogP contribution is 2.25. The molecule has 0 atom stereocenters. The average Bonchev–Trinajstić information content (AvgIpc) is 1.97. The highest BCUT2D eigenvalue weighted by Gasteiger charge is 2.11. The number of aromatic hydroxyl groups is 1. The predicted octanol–water partition coefficient (Wildman–Crippen LogP) is 0.472. The summed E-state index contributed by atoms with van der Waals surface area (Å²) in [5.74, 6) is -2.05. The van der Waals surface area contributed by atoms with Gasteiger partial charge in [0.05, 0.1) is 0 Å². The Morgan fingerprint density at radius 2 is 2.08 bits per heavy atom. The molecule has 0 radical (unpaired) electrons. The van der Waals surface area contributed by atoms with E-state index in [1.165, 1.54) is 6.92 Å². The zero-order valence-electron chi connectivity index (χ0n) is 6.37. The number of aromatic carboxylic acids is 1. The Bertz CT molecular complexity index is 330. The molecule has 0 aliphatic carbocycles. The van der Waals surface area contributed by atoms with Crippen LogP contribution < -0.4 is 5.11 Å². The number of hydrogen-bond acceptors (Lipinski definition) is 3. The maximum absolute atomic E-state index is 10.9. The molecule has 1 aromatic rings. The fourth-order valence-corrected chi connectivity index (χ4v) is 0.948. The van der Waals surface area contributed by atoms with Gasteiger partial charge in [0.2, 0.25) is 0 Å². The van der Waals surface area contributed by atoms with Crippen molar-refractivity contribution in [1.29, 1.82) is 0 Å². The first-order valence-electron chi connectivity index (χ1n) is 3.27. The third-order valence-electron chi connectivity index (χ3n) is 1.61. The second kappa shape index (κ2) is 2.73. The van der Waals surface area contributed by atoms with Crippen molar-refractivity contribution >= 4 is 5.97 Å². The Kier molecular flexibility index (Phi) is 1.91. The lowest BCUT2D eigenvalue weighted by Gasteiger charge is -2.12. The van der Waals surface area contributed by atoms with Crippen molar-refractivity contribution < 1.29 is 20.1 Å². The second-order valence-electron chi connectivity index (χ2n) is 2.39. The molecule has 0 bridgehead atoms. The van der Waals surface area contributed by atoms with Crippen LogP contribution in [0, 0.1) is 6.92 Å². The number of carboxylic acid groups (broad SMARTS) is 1. The van der Waals surface area contributed by atoms with Crippen LogP contribution >= 0.6 is 0 Å². The van der Waals surface area contributed by atoms with Gasteiger partial charge in [-0.25, -0.2) is 4.79 Å². The van der Waals surface area contributed by atoms with E-state index in [0.29, 0.717) is 0 Å². The zero-order chi connectivity index (χ0) is 9.30. The lowest BCUT2D eigenvalue weighted by atomic mass is 10.1. The average molecular weight is 167 g/mol. The molecule has 0 spiro atoms. The van der Waals surface area contributed by atoms with Gasteiger partial charge in [-0.05, 0) is 18.6 Å². The number of phenols is 1. The van der Waals surface area contributed by atoms with Crippen molar-refractivity contribution in [1.82, 2.24) is 0 Å². The molecule has 0 amide bonds. The van der Waals surface area contributed by atoms with E-state index in [0.717, 1.165) is 12.1 Å². The lowest BCUT2D eigenvalue weighted by Crippen LogP contribution is -2.03. The second-order valence-corrected chi connectivity index (χ2v) is 2.39. The van der Waals surface area contributed by atoms with Gasteiger partial charge in [0.1, 0.15) is 11.3 Å². The van der Waals surface area contributed by atoms with E-state index < -0.39 is 5.97 Å². The normalized spacial score (nSPS) is 9.75. The third-order valence-corrected chi connectivity index (χ3v) is 1.61. The van der Waals surface area contributed by atoms with Crippen LogP contribution in [0.4, 0.5) is 0 Å². The summed E-state index contributed by atoms with van der Waals surface area (Å²) in [6, 6.07) is 2.22. The molecule has 1 rings (SSSR count). The summed E-state index contributed by atoms with van der Waals surface area (Å²) in [6.07, 6.45) is 0. The Labute approximate surface area is 68.7 Å². The zero-order valence-corrected chi connectivity index (χ0v) is 6.37. The van der Waals surface area contributed by atoms with Gasteiger partial charge in [0, 0.05) is 0 Å². The Balaban J connectivity index is 3.43. The molecule has 0 heterocycles. The van der Waals surface area contributed by atoms with Gasteiger partial charge in [0.15, 0.2) is 0 Å². The van der Waals surface area contributed by atoms with Crippen LogP contribution in [-0.4, -0.2) is 16.2 Å². The van der Waals surface area contributed by atoms with E-state index in [9.17, 15) is 9.90 Å². The monoisotopic (exact) mass is 167 g/mol. The molecule has 12 heavy (non-hydrogen) atoms. The van der Waals surface area contributed by atoms with Crippen molar-refractivity contribution in [3.8, 4) is 11.5 Å². The van der Waals surface area contributed by atoms with Crippen LogP contribution in [0.5, 0.6) is 11.5 Å². The Hall–Kier alpha value is -1.71. The first-order chi connectivity index (χ1) is 5.54. The summed E-state index contributed by atoms with van der Waals surface area (Å²) in [5.41, 5.74) is -0.259. The number of hydrogen-bond donors (Lipinski definition) is 2. The topological polar surface area (TPSA) is 80.6 Å². The highest BCUT2D eigenvalue weighted by atomic mass is 16.4. The van der Waals surface area contributed by atoms with Crippen LogP contribution in [0.15, 0.2) is 12.1 Å². The van der Waals surface area contributed by atoms with Crippen LogP contribution in [0.2, 0.25) is 0 Å². The van der Waals surface area contributed by atoms with E-state index in [2.05, 4.69) is 0 Å². The van der Waals surface area contributed by atoms with Crippen molar-refractivity contribution in [2.24, 2.45) is 0 Å². The standard InChI is InChI=1S/C8H8O4/c1-4-5(9)2-3-6(10)7(4)8(11)12/h2-3,9-10H,1H3,(H,11,12)/p-1. The van der Waals surface area contributed by atoms with E-state index in [-0.39, 0.29) is 22.6 Å². The molecule has 4 nitrogen and oxygen atoms in total. The van der Waals surface area contributed by atoms with Crippen molar-refractivity contribution in [2.45, 2.75) is 6.92 Å². The maximum atomic E-state index is 10.9. The van der Waals surface area contributed by atoms with Crippen LogP contribution in [0.3, 0.4) is 0 Å². The fraction of sp³-hybridized carbons (Fsp3) is 0.125. The van der Waals surface area contributed by atoms with Gasteiger partial charge >= 0.3 is 5.97 Å². The van der Waals surface area contributed by atoms with Gasteiger partial charge < -0.3 is 15.3 Å². The number of rotatable bonds is 1. The minimum atomic E-state index is -1.29. The smallest absolute Gasteiger partial charge is 0.339 e. The van der Waals surface area contributed by atoms with Crippen molar-refractivity contribution in [3.05, 3.63) is 23.3 Å². The first kappa shape index (κ1) is 8.39. The summed E-state index contributed by atoms with van der Waals surface area (Å²) in [5, 5.41) is 28.6. The molecular weight excluding hydrogens is 160 g/mol. The van der Waals surface area contributed by atoms with Gasteiger partial charge in [-0.2, -0.15) is 0 Å². The molecule has 0 aliphatic rings. The van der Waals surface area contributed by atoms with Crippen molar-refractivity contribution in [2.75, 3.05) is 0 Å². The predicted molar refractivity (Wildman–Crippen MR) is 39.2 cm³/mol. The van der Waals surface area contributed by atoms with Gasteiger partial charge in [0.25, 0.3) is 0 Å². The quantitative estimate of drug-likeness (QED) is 0.637. The molecule has 1 aromatic carbocycles. The van der Waals surface area contributed by atoms with Crippen LogP contribution in [-0.2, 0) is 0 Å². The minimum absolute atomic E-state index is 0.0579. The van der Waals surface area contributed by atoms with Gasteiger partial charge in [-0.15, -0.1) is 5.75 Å². The van der Waals surface area contributed by atoms with Crippen molar-refractivity contribution in [3.63, 3.8) is 0 Å². The van der Waals surface area contributed by atoms with Gasteiger partial charge in [-0.3, -0.25) is 0 Å². The molecule has 0 aromatic heterocycles. The molecular formula is C8H7O4-. The van der Waals surface area contributed by atoms with E-state index in [1.807, 2.05) is 0 Å².